The summed E-state index contributed by atoms with van der Waals surface area (Å²) in [5, 5.41) is 5.47. The van der Waals surface area contributed by atoms with Crippen LogP contribution >= 0.6 is 11.8 Å². The van der Waals surface area contributed by atoms with E-state index in [9.17, 15) is 0 Å². The highest BCUT2D eigenvalue weighted by molar-refractivity contribution is 7.99. The predicted molar refractivity (Wildman–Crippen MR) is 91.4 cm³/mol. The highest BCUT2D eigenvalue weighted by Crippen LogP contribution is 2.28. The van der Waals surface area contributed by atoms with Crippen LogP contribution in [0.5, 0.6) is 0 Å². The van der Waals surface area contributed by atoms with Crippen molar-refractivity contribution in [3.63, 3.8) is 0 Å². The molecule has 5 heteroatoms. The lowest BCUT2D eigenvalue weighted by atomic mass is 10.0. The van der Waals surface area contributed by atoms with E-state index >= 15 is 0 Å². The van der Waals surface area contributed by atoms with Crippen molar-refractivity contribution in [1.82, 2.24) is 15.2 Å². The fourth-order valence-electron chi connectivity index (χ4n) is 3.03. The van der Waals surface area contributed by atoms with E-state index in [1.807, 2.05) is 0 Å². The van der Waals surface area contributed by atoms with Gasteiger partial charge in [-0.15, -0.1) is 0 Å². The molecule has 0 saturated heterocycles. The monoisotopic (exact) mass is 310 g/mol. The second-order valence-electron chi connectivity index (χ2n) is 5.96. The standard InChI is InChI=1S/C16H30N4S/c1-3-13-10-15(20(4-2)19-13)11-14(18-17)12-21-16-8-6-5-7-9-16/h10,14,16,18H,3-9,11-12,17H2,1-2H3. The number of nitrogens with two attached hydrogens (primary N) is 1. The van der Waals surface area contributed by atoms with Gasteiger partial charge in [0.05, 0.1) is 5.69 Å². The zero-order valence-corrected chi connectivity index (χ0v) is 14.3. The molecule has 1 unspecified atom stereocenters. The van der Waals surface area contributed by atoms with Crippen LogP contribution in [0, 0.1) is 0 Å². The van der Waals surface area contributed by atoms with E-state index < -0.39 is 0 Å². The molecule has 0 aromatic carbocycles. The Morgan fingerprint density at radius 1 is 1.38 bits per heavy atom. The summed E-state index contributed by atoms with van der Waals surface area (Å²) in [4.78, 5) is 0. The van der Waals surface area contributed by atoms with Crippen LogP contribution in [0.2, 0.25) is 0 Å². The Kier molecular flexibility index (Phi) is 7.07. The van der Waals surface area contributed by atoms with Crippen molar-refractivity contribution < 1.29 is 0 Å². The third-order valence-corrected chi connectivity index (χ3v) is 5.89. The van der Waals surface area contributed by atoms with Gasteiger partial charge in [0.2, 0.25) is 0 Å². The van der Waals surface area contributed by atoms with Gasteiger partial charge in [-0.3, -0.25) is 16.0 Å². The maximum atomic E-state index is 5.77. The summed E-state index contributed by atoms with van der Waals surface area (Å²) in [5.41, 5.74) is 5.50. The molecule has 3 N–H and O–H groups in total. The smallest absolute Gasteiger partial charge is 0.0624 e. The van der Waals surface area contributed by atoms with Crippen LogP contribution in [-0.2, 0) is 19.4 Å². The molecule has 1 aromatic heterocycles. The molecule has 1 atom stereocenters. The van der Waals surface area contributed by atoms with Crippen molar-refractivity contribution in [3.05, 3.63) is 17.5 Å². The zero-order valence-electron chi connectivity index (χ0n) is 13.5. The van der Waals surface area contributed by atoms with Crippen molar-refractivity contribution in [2.45, 2.75) is 76.6 Å². The molecule has 1 aliphatic carbocycles. The van der Waals surface area contributed by atoms with E-state index in [2.05, 4.69) is 46.9 Å². The second-order valence-corrected chi connectivity index (χ2v) is 7.29. The van der Waals surface area contributed by atoms with Gasteiger partial charge in [0.1, 0.15) is 0 Å². The van der Waals surface area contributed by atoms with E-state index in [0.717, 1.165) is 30.4 Å². The molecule has 0 radical (unpaired) electrons. The molecule has 0 aliphatic heterocycles. The van der Waals surface area contributed by atoms with Crippen molar-refractivity contribution in [1.29, 1.82) is 0 Å². The van der Waals surface area contributed by atoms with E-state index in [-0.39, 0.29) is 0 Å². The number of hydrazine groups is 1. The molecule has 0 spiro atoms. The van der Waals surface area contributed by atoms with Gasteiger partial charge in [0.25, 0.3) is 0 Å². The number of hydrogen-bond acceptors (Lipinski definition) is 4. The minimum Gasteiger partial charge on any atom is -0.271 e. The van der Waals surface area contributed by atoms with Gasteiger partial charge in [0.15, 0.2) is 0 Å². The Balaban J connectivity index is 1.87. The SMILES string of the molecule is CCc1cc(CC(CSC2CCCCC2)NN)n(CC)n1. The van der Waals surface area contributed by atoms with Gasteiger partial charge >= 0.3 is 0 Å². The van der Waals surface area contributed by atoms with Gasteiger partial charge < -0.3 is 0 Å². The first-order chi connectivity index (χ1) is 10.3. The van der Waals surface area contributed by atoms with Crippen molar-refractivity contribution >= 4 is 11.8 Å². The molecule has 1 heterocycles. The largest absolute Gasteiger partial charge is 0.271 e. The second kappa shape index (κ2) is 8.81. The lowest BCUT2D eigenvalue weighted by molar-refractivity contribution is 0.510. The first-order valence-corrected chi connectivity index (χ1v) is 9.45. The summed E-state index contributed by atoms with van der Waals surface area (Å²) in [6, 6.07) is 2.57. The van der Waals surface area contributed by atoms with Gasteiger partial charge in [-0.1, -0.05) is 26.2 Å². The lowest BCUT2D eigenvalue weighted by Gasteiger charge is -2.23. The maximum absolute atomic E-state index is 5.77. The van der Waals surface area contributed by atoms with Crippen LogP contribution in [-0.4, -0.2) is 26.8 Å². The summed E-state index contributed by atoms with van der Waals surface area (Å²) >= 11 is 2.10. The first kappa shape index (κ1) is 16.8. The van der Waals surface area contributed by atoms with Crippen LogP contribution in [0.15, 0.2) is 6.07 Å². The van der Waals surface area contributed by atoms with Gasteiger partial charge in [-0.25, -0.2) is 0 Å². The Bertz CT molecular complexity index is 412. The normalized spacial score (nSPS) is 18.0. The van der Waals surface area contributed by atoms with Crippen molar-refractivity contribution in [3.8, 4) is 0 Å². The summed E-state index contributed by atoms with van der Waals surface area (Å²) in [6.45, 7) is 5.24. The number of aromatic nitrogens is 2. The quantitative estimate of drug-likeness (QED) is 0.572. The molecule has 0 amide bonds. The molecule has 2 rings (SSSR count). The number of nitrogens with one attached hydrogen (secondary N) is 1. The molecule has 1 saturated carbocycles. The minimum atomic E-state index is 0.337. The van der Waals surface area contributed by atoms with Gasteiger partial charge in [-0.2, -0.15) is 16.9 Å². The number of rotatable bonds is 8. The van der Waals surface area contributed by atoms with E-state index in [0.29, 0.717) is 6.04 Å². The number of aryl methyl sites for hydroxylation is 2. The Morgan fingerprint density at radius 2 is 2.14 bits per heavy atom. The molecule has 1 aliphatic rings. The van der Waals surface area contributed by atoms with E-state index in [1.54, 1.807) is 0 Å². The Morgan fingerprint density at radius 3 is 2.76 bits per heavy atom. The number of nitrogens with zero attached hydrogens (tertiary/aromatic N) is 2. The topological polar surface area (TPSA) is 55.9 Å². The average Bonchev–Trinajstić information content (AvgIpc) is 2.94. The molecule has 0 bridgehead atoms. The molecule has 21 heavy (non-hydrogen) atoms. The molecule has 1 fully saturated rings. The molecule has 1 aromatic rings. The highest BCUT2D eigenvalue weighted by atomic mass is 32.2. The number of thioether (sulfide) groups is 1. The molecular weight excluding hydrogens is 280 g/mol. The van der Waals surface area contributed by atoms with Crippen LogP contribution in [0.3, 0.4) is 0 Å². The third kappa shape index (κ3) is 5.01. The fourth-order valence-corrected chi connectivity index (χ4v) is 4.41. The fraction of sp³-hybridized carbons (Fsp3) is 0.812. The molecule has 120 valence electrons. The van der Waals surface area contributed by atoms with Crippen LogP contribution in [0.25, 0.3) is 0 Å². The summed E-state index contributed by atoms with van der Waals surface area (Å²) in [7, 11) is 0. The highest BCUT2D eigenvalue weighted by Gasteiger charge is 2.18. The van der Waals surface area contributed by atoms with Crippen LogP contribution in [0.4, 0.5) is 0 Å². The van der Waals surface area contributed by atoms with Crippen LogP contribution in [0.1, 0.15) is 57.3 Å². The predicted octanol–water partition coefficient (Wildman–Crippen LogP) is 2.91. The first-order valence-electron chi connectivity index (χ1n) is 8.40. The maximum Gasteiger partial charge on any atom is 0.0624 e. The minimum absolute atomic E-state index is 0.337. The Hall–Kier alpha value is -0.520. The van der Waals surface area contributed by atoms with E-state index in [1.165, 1.54) is 43.5 Å². The number of hydrogen-bond donors (Lipinski definition) is 2. The lowest BCUT2D eigenvalue weighted by Crippen LogP contribution is -2.39. The van der Waals surface area contributed by atoms with Gasteiger partial charge in [-0.05, 0) is 32.3 Å². The summed E-state index contributed by atoms with van der Waals surface area (Å²) in [6.07, 6.45) is 8.96. The summed E-state index contributed by atoms with van der Waals surface area (Å²) in [5.74, 6) is 6.87. The van der Waals surface area contributed by atoms with Crippen molar-refractivity contribution in [2.75, 3.05) is 5.75 Å². The van der Waals surface area contributed by atoms with Crippen molar-refractivity contribution in [2.24, 2.45) is 5.84 Å². The van der Waals surface area contributed by atoms with Gasteiger partial charge in [0, 0.05) is 35.7 Å². The molecule has 4 nitrogen and oxygen atoms in total. The average molecular weight is 311 g/mol. The third-order valence-electron chi connectivity index (χ3n) is 4.35. The van der Waals surface area contributed by atoms with E-state index in [4.69, 9.17) is 5.84 Å². The molecular formula is C16H30N4S. The zero-order chi connectivity index (χ0) is 15.1. The van der Waals surface area contributed by atoms with Crippen LogP contribution < -0.4 is 11.3 Å². The summed E-state index contributed by atoms with van der Waals surface area (Å²) < 4.78 is 2.12. The Labute approximate surface area is 133 Å².